The van der Waals surface area contributed by atoms with E-state index < -0.39 is 5.97 Å². The van der Waals surface area contributed by atoms with Gasteiger partial charge in [-0.25, -0.2) is 4.79 Å². The van der Waals surface area contributed by atoms with Gasteiger partial charge in [-0.2, -0.15) is 11.8 Å². The fraction of sp³-hybridized carbons (Fsp3) is 0.545. The van der Waals surface area contributed by atoms with Gasteiger partial charge in [0.15, 0.2) is 0 Å². The Kier molecular flexibility index (Phi) is 4.89. The van der Waals surface area contributed by atoms with E-state index in [1.807, 2.05) is 6.92 Å². The topological polar surface area (TPSA) is 70.7 Å². The lowest BCUT2D eigenvalue weighted by molar-refractivity contribution is 0.0659. The Hall–Kier alpha value is -0.940. The minimum absolute atomic E-state index is 0.0193. The molecule has 2 N–H and O–H groups in total. The molecule has 0 saturated heterocycles. The van der Waals surface area contributed by atoms with Gasteiger partial charge >= 0.3 is 5.97 Å². The van der Waals surface area contributed by atoms with Crippen molar-refractivity contribution in [3.8, 4) is 0 Å². The molecule has 0 aliphatic carbocycles. The summed E-state index contributed by atoms with van der Waals surface area (Å²) in [5.41, 5.74) is 0.651. The molecule has 16 heavy (non-hydrogen) atoms. The maximum atomic E-state index is 10.7. The number of carboxylic acids is 1. The van der Waals surface area contributed by atoms with Gasteiger partial charge in [0.25, 0.3) is 0 Å². The lowest BCUT2D eigenvalue weighted by atomic mass is 10.2. The first-order chi connectivity index (χ1) is 7.54. The van der Waals surface area contributed by atoms with Crippen LogP contribution in [0.5, 0.6) is 0 Å². The summed E-state index contributed by atoms with van der Waals surface area (Å²) in [4.78, 5) is 10.7. The highest BCUT2D eigenvalue weighted by atomic mass is 32.2. The molecule has 0 bridgehead atoms. The standard InChI is InChI=1S/C11H16O4S/c1-7(4-12)5-16-6-9-3-8(2)10(15-9)11(13)14/h3,7,12H,4-6H2,1-2H3,(H,13,14). The summed E-state index contributed by atoms with van der Waals surface area (Å²) in [5, 5.41) is 17.6. The fourth-order valence-electron chi connectivity index (χ4n) is 1.24. The molecule has 0 saturated carbocycles. The van der Waals surface area contributed by atoms with Gasteiger partial charge in [-0.05, 0) is 24.7 Å². The zero-order valence-electron chi connectivity index (χ0n) is 9.40. The molecule has 0 spiro atoms. The maximum Gasteiger partial charge on any atom is 0.372 e. The van der Waals surface area contributed by atoms with E-state index in [2.05, 4.69) is 0 Å². The lowest BCUT2D eigenvalue weighted by Crippen LogP contribution is -2.03. The zero-order chi connectivity index (χ0) is 12.1. The van der Waals surface area contributed by atoms with Gasteiger partial charge < -0.3 is 14.6 Å². The summed E-state index contributed by atoms with van der Waals surface area (Å²) in [6.07, 6.45) is 0. The van der Waals surface area contributed by atoms with Crippen LogP contribution in [-0.2, 0) is 5.75 Å². The van der Waals surface area contributed by atoms with E-state index in [1.165, 1.54) is 0 Å². The fourth-order valence-corrected chi connectivity index (χ4v) is 2.21. The van der Waals surface area contributed by atoms with E-state index in [0.29, 0.717) is 17.1 Å². The summed E-state index contributed by atoms with van der Waals surface area (Å²) in [6, 6.07) is 1.75. The molecule has 1 heterocycles. The van der Waals surface area contributed by atoms with Crippen molar-refractivity contribution in [3.05, 3.63) is 23.2 Å². The van der Waals surface area contributed by atoms with Gasteiger partial charge in [-0.3, -0.25) is 0 Å². The molecular formula is C11H16O4S. The third-order valence-corrected chi connectivity index (χ3v) is 3.41. The van der Waals surface area contributed by atoms with Crippen molar-refractivity contribution in [2.45, 2.75) is 19.6 Å². The molecule has 0 aliphatic rings. The van der Waals surface area contributed by atoms with Crippen molar-refractivity contribution in [1.29, 1.82) is 0 Å². The highest BCUT2D eigenvalue weighted by Gasteiger charge is 2.14. The second-order valence-electron chi connectivity index (χ2n) is 3.83. The van der Waals surface area contributed by atoms with Crippen molar-refractivity contribution in [2.75, 3.05) is 12.4 Å². The number of aliphatic hydroxyl groups is 1. The maximum absolute atomic E-state index is 10.7. The SMILES string of the molecule is Cc1cc(CSCC(C)CO)oc1C(=O)O. The molecular weight excluding hydrogens is 228 g/mol. The largest absolute Gasteiger partial charge is 0.475 e. The number of rotatable bonds is 6. The molecule has 0 aromatic carbocycles. The van der Waals surface area contributed by atoms with Gasteiger partial charge in [0.1, 0.15) is 5.76 Å². The third-order valence-electron chi connectivity index (χ3n) is 2.12. The Morgan fingerprint density at radius 3 is 2.81 bits per heavy atom. The van der Waals surface area contributed by atoms with Crippen molar-refractivity contribution < 1.29 is 19.4 Å². The summed E-state index contributed by atoms with van der Waals surface area (Å²) in [6.45, 7) is 3.85. The van der Waals surface area contributed by atoms with E-state index >= 15 is 0 Å². The Labute approximate surface area is 98.7 Å². The first-order valence-corrected chi connectivity index (χ1v) is 6.21. The Morgan fingerprint density at radius 1 is 1.62 bits per heavy atom. The number of hydrogen-bond donors (Lipinski definition) is 2. The van der Waals surface area contributed by atoms with Crippen LogP contribution in [-0.4, -0.2) is 28.5 Å². The molecule has 4 nitrogen and oxygen atoms in total. The number of carboxylic acid groups (broad SMARTS) is 1. The summed E-state index contributed by atoms with van der Waals surface area (Å²) in [5.74, 6) is 1.38. The molecule has 5 heteroatoms. The molecule has 1 unspecified atom stereocenters. The van der Waals surface area contributed by atoms with Crippen molar-refractivity contribution >= 4 is 17.7 Å². The predicted octanol–water partition coefficient (Wildman–Crippen LogP) is 2.15. The molecule has 0 radical (unpaired) electrons. The number of furan rings is 1. The monoisotopic (exact) mass is 244 g/mol. The third kappa shape index (κ3) is 3.57. The van der Waals surface area contributed by atoms with Crippen LogP contribution in [0.3, 0.4) is 0 Å². The zero-order valence-corrected chi connectivity index (χ0v) is 10.2. The quantitative estimate of drug-likeness (QED) is 0.802. The highest BCUT2D eigenvalue weighted by Crippen LogP contribution is 2.20. The van der Waals surface area contributed by atoms with E-state index in [9.17, 15) is 4.79 Å². The second kappa shape index (κ2) is 5.96. The Bertz CT molecular complexity index is 359. The first kappa shape index (κ1) is 13.1. The van der Waals surface area contributed by atoms with Crippen LogP contribution in [0.2, 0.25) is 0 Å². The van der Waals surface area contributed by atoms with E-state index in [-0.39, 0.29) is 18.3 Å². The van der Waals surface area contributed by atoms with Gasteiger partial charge in [-0.15, -0.1) is 0 Å². The smallest absolute Gasteiger partial charge is 0.372 e. The molecule has 0 fully saturated rings. The number of hydrogen-bond acceptors (Lipinski definition) is 4. The molecule has 90 valence electrons. The molecule has 0 aliphatic heterocycles. The minimum atomic E-state index is -1.03. The van der Waals surface area contributed by atoms with Crippen LogP contribution in [0, 0.1) is 12.8 Å². The van der Waals surface area contributed by atoms with E-state index in [1.54, 1.807) is 24.8 Å². The number of aryl methyl sites for hydroxylation is 1. The highest BCUT2D eigenvalue weighted by molar-refractivity contribution is 7.98. The second-order valence-corrected chi connectivity index (χ2v) is 4.86. The van der Waals surface area contributed by atoms with Gasteiger partial charge in [0, 0.05) is 12.2 Å². The van der Waals surface area contributed by atoms with Crippen LogP contribution in [0.1, 0.15) is 28.8 Å². The predicted molar refractivity (Wildman–Crippen MR) is 62.8 cm³/mol. The average molecular weight is 244 g/mol. The summed E-state index contributed by atoms with van der Waals surface area (Å²) in [7, 11) is 0. The molecule has 0 amide bonds. The summed E-state index contributed by atoms with van der Waals surface area (Å²) >= 11 is 1.63. The van der Waals surface area contributed by atoms with E-state index in [4.69, 9.17) is 14.6 Å². The van der Waals surface area contributed by atoms with Gasteiger partial charge in [0.2, 0.25) is 5.76 Å². The lowest BCUT2D eigenvalue weighted by Gasteiger charge is -2.05. The van der Waals surface area contributed by atoms with Crippen LogP contribution < -0.4 is 0 Å². The van der Waals surface area contributed by atoms with Crippen LogP contribution >= 0.6 is 11.8 Å². The minimum Gasteiger partial charge on any atom is -0.475 e. The van der Waals surface area contributed by atoms with Gasteiger partial charge in [0.05, 0.1) is 5.75 Å². The molecule has 1 rings (SSSR count). The van der Waals surface area contributed by atoms with E-state index in [0.717, 1.165) is 5.75 Å². The Morgan fingerprint density at radius 2 is 2.31 bits per heavy atom. The normalized spacial score (nSPS) is 12.7. The Balaban J connectivity index is 2.49. The van der Waals surface area contributed by atoms with Crippen molar-refractivity contribution in [2.24, 2.45) is 5.92 Å². The molecule has 1 aromatic heterocycles. The van der Waals surface area contributed by atoms with Crippen LogP contribution in [0.4, 0.5) is 0 Å². The molecule has 1 atom stereocenters. The number of thioether (sulfide) groups is 1. The van der Waals surface area contributed by atoms with Gasteiger partial charge in [-0.1, -0.05) is 6.92 Å². The first-order valence-electron chi connectivity index (χ1n) is 5.05. The number of aromatic carboxylic acids is 1. The van der Waals surface area contributed by atoms with Crippen molar-refractivity contribution in [3.63, 3.8) is 0 Å². The van der Waals surface area contributed by atoms with Crippen LogP contribution in [0.15, 0.2) is 10.5 Å². The average Bonchev–Trinajstić information content (AvgIpc) is 2.59. The van der Waals surface area contributed by atoms with Crippen LogP contribution in [0.25, 0.3) is 0 Å². The van der Waals surface area contributed by atoms with Crippen molar-refractivity contribution in [1.82, 2.24) is 0 Å². The summed E-state index contributed by atoms with van der Waals surface area (Å²) < 4.78 is 5.21. The number of aliphatic hydroxyl groups excluding tert-OH is 1. The molecule has 1 aromatic rings. The number of carbonyl (C=O) groups is 1.